The monoisotopic (exact) mass is 425 g/mol. The summed E-state index contributed by atoms with van der Waals surface area (Å²) in [6.45, 7) is 2.63. The average molecular weight is 425 g/mol. The van der Waals surface area contributed by atoms with Crippen molar-refractivity contribution in [3.63, 3.8) is 0 Å². The lowest BCUT2D eigenvalue weighted by Crippen LogP contribution is -2.24. The zero-order valence-corrected chi connectivity index (χ0v) is 16.9. The van der Waals surface area contributed by atoms with Crippen LogP contribution in [0.4, 0.5) is 4.39 Å². The Bertz CT molecular complexity index is 1090. The molecule has 0 bridgehead atoms. The van der Waals surface area contributed by atoms with Crippen LogP contribution in [0.1, 0.15) is 24.4 Å². The fraction of sp³-hybridized carbons (Fsp3) is 0.227. The zero-order valence-electron chi connectivity index (χ0n) is 16.9. The third-order valence-corrected chi connectivity index (χ3v) is 4.55. The minimum absolute atomic E-state index is 0.238. The SMILES string of the molecule is COc1cc(/C=C/C(=O)NC(C)c2nc(-c3ccc(F)cc3)no2)cc2c1OCCO2. The lowest BCUT2D eigenvalue weighted by molar-refractivity contribution is -0.117. The molecule has 3 aromatic rings. The van der Waals surface area contributed by atoms with E-state index in [4.69, 9.17) is 18.7 Å². The van der Waals surface area contributed by atoms with Crippen molar-refractivity contribution in [2.75, 3.05) is 20.3 Å². The van der Waals surface area contributed by atoms with E-state index in [1.54, 1.807) is 44.4 Å². The van der Waals surface area contributed by atoms with Crippen molar-refractivity contribution in [3.05, 3.63) is 59.7 Å². The molecule has 0 radical (unpaired) electrons. The van der Waals surface area contributed by atoms with Crippen molar-refractivity contribution < 1.29 is 27.9 Å². The van der Waals surface area contributed by atoms with E-state index in [9.17, 15) is 9.18 Å². The number of methoxy groups -OCH3 is 1. The van der Waals surface area contributed by atoms with Gasteiger partial charge in [0.1, 0.15) is 25.1 Å². The molecule has 0 spiro atoms. The van der Waals surface area contributed by atoms with Gasteiger partial charge in [-0.2, -0.15) is 4.98 Å². The van der Waals surface area contributed by atoms with Crippen LogP contribution in [-0.2, 0) is 4.79 Å². The van der Waals surface area contributed by atoms with Crippen molar-refractivity contribution in [3.8, 4) is 28.6 Å². The van der Waals surface area contributed by atoms with E-state index < -0.39 is 6.04 Å². The molecule has 8 nitrogen and oxygen atoms in total. The molecule has 4 rings (SSSR count). The van der Waals surface area contributed by atoms with E-state index in [0.717, 1.165) is 5.56 Å². The number of benzene rings is 2. The number of halogens is 1. The molecular weight excluding hydrogens is 405 g/mol. The summed E-state index contributed by atoms with van der Waals surface area (Å²) < 4.78 is 34.8. The number of nitrogens with zero attached hydrogens (tertiary/aromatic N) is 2. The van der Waals surface area contributed by atoms with Crippen molar-refractivity contribution in [2.45, 2.75) is 13.0 Å². The van der Waals surface area contributed by atoms with E-state index in [1.165, 1.54) is 18.2 Å². The Morgan fingerprint density at radius 3 is 2.77 bits per heavy atom. The maximum absolute atomic E-state index is 13.1. The van der Waals surface area contributed by atoms with Crippen molar-refractivity contribution in [2.24, 2.45) is 0 Å². The Kier molecular flexibility index (Phi) is 5.83. The zero-order chi connectivity index (χ0) is 21.8. The molecule has 0 saturated carbocycles. The predicted molar refractivity (Wildman–Crippen MR) is 109 cm³/mol. The third kappa shape index (κ3) is 4.66. The van der Waals surface area contributed by atoms with Gasteiger partial charge in [-0.1, -0.05) is 5.16 Å². The van der Waals surface area contributed by atoms with Crippen LogP contribution in [0.15, 0.2) is 47.0 Å². The lowest BCUT2D eigenvalue weighted by atomic mass is 10.1. The average Bonchev–Trinajstić information content (AvgIpc) is 3.28. The third-order valence-electron chi connectivity index (χ3n) is 4.55. The Labute approximate surface area is 177 Å². The summed E-state index contributed by atoms with van der Waals surface area (Å²) in [5.41, 5.74) is 1.34. The molecule has 1 amide bonds. The second-order valence-corrected chi connectivity index (χ2v) is 6.77. The van der Waals surface area contributed by atoms with Crippen molar-refractivity contribution in [1.82, 2.24) is 15.5 Å². The van der Waals surface area contributed by atoms with Gasteiger partial charge in [-0.3, -0.25) is 4.79 Å². The van der Waals surface area contributed by atoms with Gasteiger partial charge in [0.25, 0.3) is 0 Å². The van der Waals surface area contributed by atoms with Crippen molar-refractivity contribution >= 4 is 12.0 Å². The summed E-state index contributed by atoms with van der Waals surface area (Å²) in [5.74, 6) is 1.51. The molecule has 1 aliphatic rings. The Hall–Kier alpha value is -3.88. The van der Waals surface area contributed by atoms with Gasteiger partial charge >= 0.3 is 0 Å². The molecule has 0 aliphatic carbocycles. The summed E-state index contributed by atoms with van der Waals surface area (Å²) in [7, 11) is 1.54. The van der Waals surface area contributed by atoms with Crippen LogP contribution in [0.2, 0.25) is 0 Å². The first-order valence-corrected chi connectivity index (χ1v) is 9.59. The molecule has 0 saturated heterocycles. The Balaban J connectivity index is 1.42. The number of aromatic nitrogens is 2. The predicted octanol–water partition coefficient (Wildman–Crippen LogP) is 3.55. The highest BCUT2D eigenvalue weighted by molar-refractivity contribution is 5.92. The van der Waals surface area contributed by atoms with Crippen LogP contribution in [0.25, 0.3) is 17.5 Å². The first kappa shape index (κ1) is 20.4. The number of fused-ring (bicyclic) bond motifs is 1. The van der Waals surface area contributed by atoms with Gasteiger partial charge in [-0.05, 0) is 55.0 Å². The second-order valence-electron chi connectivity index (χ2n) is 6.77. The topological polar surface area (TPSA) is 95.7 Å². The van der Waals surface area contributed by atoms with Gasteiger partial charge in [0.05, 0.1) is 7.11 Å². The van der Waals surface area contributed by atoms with E-state index in [1.807, 2.05) is 0 Å². The minimum atomic E-state index is -0.520. The van der Waals surface area contributed by atoms with Crippen LogP contribution in [0.5, 0.6) is 17.2 Å². The first-order chi connectivity index (χ1) is 15.0. The molecule has 160 valence electrons. The molecule has 31 heavy (non-hydrogen) atoms. The van der Waals surface area contributed by atoms with Gasteiger partial charge in [-0.25, -0.2) is 4.39 Å². The molecule has 9 heteroatoms. The van der Waals surface area contributed by atoms with Gasteiger partial charge in [0, 0.05) is 11.6 Å². The molecule has 2 heterocycles. The Morgan fingerprint density at radius 2 is 2.00 bits per heavy atom. The van der Waals surface area contributed by atoms with E-state index >= 15 is 0 Å². The summed E-state index contributed by atoms with van der Waals surface area (Å²) >= 11 is 0. The molecule has 1 atom stereocenters. The lowest BCUT2D eigenvalue weighted by Gasteiger charge is -2.20. The quantitative estimate of drug-likeness (QED) is 0.604. The highest BCUT2D eigenvalue weighted by Crippen LogP contribution is 2.40. The number of hydrogen-bond donors (Lipinski definition) is 1. The standard InChI is InChI=1S/C22H20FN3O5/c1-13(22-25-21(26-31-22)15-4-6-16(23)7-5-15)24-19(27)8-3-14-11-17(28-2)20-18(12-14)29-9-10-30-20/h3-8,11-13H,9-10H2,1-2H3,(H,24,27)/b8-3+. The van der Waals surface area contributed by atoms with Gasteiger partial charge in [0.15, 0.2) is 11.5 Å². The van der Waals surface area contributed by atoms with Crippen LogP contribution >= 0.6 is 0 Å². The normalized spacial score (nSPS) is 13.8. The van der Waals surface area contributed by atoms with Crippen LogP contribution in [0, 0.1) is 5.82 Å². The summed E-state index contributed by atoms with van der Waals surface area (Å²) in [6.07, 6.45) is 3.03. The number of nitrogens with one attached hydrogen (secondary N) is 1. The molecule has 1 unspecified atom stereocenters. The summed E-state index contributed by atoms with van der Waals surface area (Å²) in [4.78, 5) is 16.6. The smallest absolute Gasteiger partial charge is 0.249 e. The van der Waals surface area contributed by atoms with Crippen LogP contribution < -0.4 is 19.5 Å². The highest BCUT2D eigenvalue weighted by Gasteiger charge is 2.19. The molecule has 1 aliphatic heterocycles. The minimum Gasteiger partial charge on any atom is -0.493 e. The fourth-order valence-electron chi connectivity index (χ4n) is 3.01. The van der Waals surface area contributed by atoms with E-state index in [2.05, 4.69) is 15.5 Å². The number of carbonyl (C=O) groups excluding carboxylic acids is 1. The fourth-order valence-corrected chi connectivity index (χ4v) is 3.01. The van der Waals surface area contributed by atoms with Gasteiger partial charge in [-0.15, -0.1) is 0 Å². The largest absolute Gasteiger partial charge is 0.493 e. The van der Waals surface area contributed by atoms with E-state index in [0.29, 0.717) is 41.9 Å². The van der Waals surface area contributed by atoms with Crippen LogP contribution in [0.3, 0.4) is 0 Å². The highest BCUT2D eigenvalue weighted by atomic mass is 19.1. The number of amides is 1. The number of ether oxygens (including phenoxy) is 3. The molecule has 2 aromatic carbocycles. The number of carbonyl (C=O) groups is 1. The molecule has 1 aromatic heterocycles. The Morgan fingerprint density at radius 1 is 1.23 bits per heavy atom. The first-order valence-electron chi connectivity index (χ1n) is 9.59. The van der Waals surface area contributed by atoms with Gasteiger partial charge < -0.3 is 24.1 Å². The number of rotatable bonds is 6. The summed E-state index contributed by atoms with van der Waals surface area (Å²) in [5, 5.41) is 6.64. The van der Waals surface area contributed by atoms with Gasteiger partial charge in [0.2, 0.25) is 23.4 Å². The summed E-state index contributed by atoms with van der Waals surface area (Å²) in [6, 6.07) is 8.75. The number of hydrogen-bond acceptors (Lipinski definition) is 7. The van der Waals surface area contributed by atoms with Crippen molar-refractivity contribution in [1.29, 1.82) is 0 Å². The molecule has 0 fully saturated rings. The second kappa shape index (κ2) is 8.86. The van der Waals surface area contributed by atoms with Crippen LogP contribution in [-0.4, -0.2) is 36.4 Å². The van der Waals surface area contributed by atoms with E-state index in [-0.39, 0.29) is 17.6 Å². The molecular formula is C22H20FN3O5. The molecule has 1 N–H and O–H groups in total. The maximum Gasteiger partial charge on any atom is 0.249 e. The maximum atomic E-state index is 13.1.